The minimum absolute atomic E-state index is 0.0155. The zero-order valence-corrected chi connectivity index (χ0v) is 10.4. The standard InChI is InChI=1S/C12H22N2O2/c1-11(2,3)16-10(15)9-6-13-5-4-12(9)7-14-8-12/h9,13-14H,4-8H2,1-3H3. The largest absolute Gasteiger partial charge is 0.460 e. The molecule has 0 radical (unpaired) electrons. The van der Waals surface area contributed by atoms with Gasteiger partial charge in [0.05, 0.1) is 5.92 Å². The van der Waals surface area contributed by atoms with Crippen LogP contribution in [0.2, 0.25) is 0 Å². The quantitative estimate of drug-likeness (QED) is 0.640. The zero-order valence-electron chi connectivity index (χ0n) is 10.4. The molecule has 2 saturated heterocycles. The lowest BCUT2D eigenvalue weighted by Gasteiger charge is -2.50. The average Bonchev–Trinajstić information content (AvgIpc) is 2.12. The van der Waals surface area contributed by atoms with E-state index in [4.69, 9.17) is 4.74 Å². The number of nitrogens with one attached hydrogen (secondary N) is 2. The molecule has 0 amide bonds. The third-order valence-electron chi connectivity index (χ3n) is 3.53. The molecule has 2 fully saturated rings. The van der Waals surface area contributed by atoms with Gasteiger partial charge >= 0.3 is 5.97 Å². The van der Waals surface area contributed by atoms with Crippen molar-refractivity contribution in [2.75, 3.05) is 26.2 Å². The molecule has 0 aromatic rings. The number of ether oxygens (including phenoxy) is 1. The number of carbonyl (C=O) groups is 1. The van der Waals surface area contributed by atoms with Crippen molar-refractivity contribution >= 4 is 5.97 Å². The highest BCUT2D eigenvalue weighted by molar-refractivity contribution is 5.74. The first-order valence-corrected chi connectivity index (χ1v) is 6.07. The molecule has 0 aliphatic carbocycles. The highest BCUT2D eigenvalue weighted by atomic mass is 16.6. The Morgan fingerprint density at radius 1 is 1.31 bits per heavy atom. The number of carbonyl (C=O) groups excluding carboxylic acids is 1. The maximum atomic E-state index is 12.1. The highest BCUT2D eigenvalue weighted by Gasteiger charge is 2.50. The van der Waals surface area contributed by atoms with Crippen LogP contribution in [0.25, 0.3) is 0 Å². The summed E-state index contributed by atoms with van der Waals surface area (Å²) in [5.41, 5.74) is -0.222. The van der Waals surface area contributed by atoms with Crippen LogP contribution in [-0.2, 0) is 9.53 Å². The second-order valence-corrected chi connectivity index (χ2v) is 6.01. The van der Waals surface area contributed by atoms with Crippen molar-refractivity contribution in [2.45, 2.75) is 32.8 Å². The van der Waals surface area contributed by atoms with Crippen molar-refractivity contribution in [3.05, 3.63) is 0 Å². The van der Waals surface area contributed by atoms with Crippen LogP contribution in [0.15, 0.2) is 0 Å². The number of rotatable bonds is 1. The summed E-state index contributed by atoms with van der Waals surface area (Å²) < 4.78 is 5.50. The van der Waals surface area contributed by atoms with Gasteiger partial charge in [0, 0.05) is 25.0 Å². The Morgan fingerprint density at radius 3 is 2.50 bits per heavy atom. The minimum Gasteiger partial charge on any atom is -0.460 e. The fraction of sp³-hybridized carbons (Fsp3) is 0.917. The second-order valence-electron chi connectivity index (χ2n) is 6.01. The van der Waals surface area contributed by atoms with Gasteiger partial charge in [0.1, 0.15) is 5.60 Å². The van der Waals surface area contributed by atoms with Crippen molar-refractivity contribution in [3.63, 3.8) is 0 Å². The first kappa shape index (κ1) is 11.9. The molecule has 2 N–H and O–H groups in total. The van der Waals surface area contributed by atoms with E-state index in [1.807, 2.05) is 20.8 Å². The van der Waals surface area contributed by atoms with Gasteiger partial charge in [-0.2, -0.15) is 0 Å². The molecular weight excluding hydrogens is 204 g/mol. The SMILES string of the molecule is CC(C)(C)OC(=O)C1CNCCC12CNC2. The Morgan fingerprint density at radius 2 is 2.00 bits per heavy atom. The van der Waals surface area contributed by atoms with Crippen LogP contribution >= 0.6 is 0 Å². The van der Waals surface area contributed by atoms with Crippen LogP contribution in [0.1, 0.15) is 27.2 Å². The summed E-state index contributed by atoms with van der Waals surface area (Å²) in [4.78, 5) is 12.1. The van der Waals surface area contributed by atoms with Crippen molar-refractivity contribution in [1.29, 1.82) is 0 Å². The van der Waals surface area contributed by atoms with E-state index in [2.05, 4.69) is 10.6 Å². The normalized spacial score (nSPS) is 28.6. The van der Waals surface area contributed by atoms with Crippen LogP contribution in [0, 0.1) is 11.3 Å². The van der Waals surface area contributed by atoms with E-state index >= 15 is 0 Å². The van der Waals surface area contributed by atoms with E-state index in [0.29, 0.717) is 0 Å². The number of piperidine rings is 1. The first-order chi connectivity index (χ1) is 7.43. The van der Waals surface area contributed by atoms with Crippen LogP contribution in [-0.4, -0.2) is 37.7 Å². The molecule has 1 atom stereocenters. The van der Waals surface area contributed by atoms with Gasteiger partial charge in [-0.25, -0.2) is 0 Å². The third-order valence-corrected chi connectivity index (χ3v) is 3.53. The van der Waals surface area contributed by atoms with E-state index in [1.165, 1.54) is 0 Å². The molecule has 0 aromatic heterocycles. The molecule has 0 saturated carbocycles. The first-order valence-electron chi connectivity index (χ1n) is 6.07. The minimum atomic E-state index is -0.382. The lowest BCUT2D eigenvalue weighted by molar-refractivity contribution is -0.168. The highest BCUT2D eigenvalue weighted by Crippen LogP contribution is 2.38. The van der Waals surface area contributed by atoms with Gasteiger partial charge in [-0.15, -0.1) is 0 Å². The summed E-state index contributed by atoms with van der Waals surface area (Å²) >= 11 is 0. The van der Waals surface area contributed by atoms with Crippen LogP contribution in [0.5, 0.6) is 0 Å². The smallest absolute Gasteiger partial charge is 0.311 e. The van der Waals surface area contributed by atoms with Crippen LogP contribution < -0.4 is 10.6 Å². The molecule has 2 heterocycles. The molecular formula is C12H22N2O2. The van der Waals surface area contributed by atoms with E-state index < -0.39 is 0 Å². The summed E-state index contributed by atoms with van der Waals surface area (Å²) in [6.45, 7) is 9.46. The van der Waals surface area contributed by atoms with Gasteiger partial charge < -0.3 is 15.4 Å². The van der Waals surface area contributed by atoms with E-state index in [0.717, 1.165) is 32.6 Å². The summed E-state index contributed by atoms with van der Waals surface area (Å²) in [7, 11) is 0. The fourth-order valence-corrected chi connectivity index (χ4v) is 2.55. The Hall–Kier alpha value is -0.610. The maximum absolute atomic E-state index is 12.1. The lowest BCUT2D eigenvalue weighted by atomic mass is 9.66. The summed E-state index contributed by atoms with van der Waals surface area (Å²) in [5.74, 6) is -0.0251. The van der Waals surface area contributed by atoms with Crippen molar-refractivity contribution in [3.8, 4) is 0 Å². The molecule has 0 aromatic carbocycles. The van der Waals surface area contributed by atoms with Gasteiger partial charge in [-0.1, -0.05) is 0 Å². The number of hydrogen-bond donors (Lipinski definition) is 2. The zero-order chi connectivity index (χ0) is 11.8. The van der Waals surface area contributed by atoms with Gasteiger partial charge in [0.15, 0.2) is 0 Å². The molecule has 2 aliphatic rings. The van der Waals surface area contributed by atoms with E-state index in [-0.39, 0.29) is 22.9 Å². The van der Waals surface area contributed by atoms with Gasteiger partial charge in [-0.3, -0.25) is 4.79 Å². The number of hydrogen-bond acceptors (Lipinski definition) is 4. The van der Waals surface area contributed by atoms with Crippen molar-refractivity contribution in [2.24, 2.45) is 11.3 Å². The molecule has 2 rings (SSSR count). The summed E-state index contributed by atoms with van der Waals surface area (Å²) in [6.07, 6.45) is 1.07. The molecule has 2 aliphatic heterocycles. The third kappa shape index (κ3) is 2.23. The predicted molar refractivity (Wildman–Crippen MR) is 62.1 cm³/mol. The van der Waals surface area contributed by atoms with Gasteiger partial charge in [0.2, 0.25) is 0 Å². The van der Waals surface area contributed by atoms with Crippen molar-refractivity contribution < 1.29 is 9.53 Å². The van der Waals surface area contributed by atoms with Crippen molar-refractivity contribution in [1.82, 2.24) is 10.6 Å². The molecule has 1 spiro atoms. The van der Waals surface area contributed by atoms with E-state index in [9.17, 15) is 4.79 Å². The van der Waals surface area contributed by atoms with Crippen LogP contribution in [0.4, 0.5) is 0 Å². The lowest BCUT2D eigenvalue weighted by Crippen LogP contribution is -2.64. The van der Waals surface area contributed by atoms with Gasteiger partial charge in [0.25, 0.3) is 0 Å². The molecule has 4 heteroatoms. The Balaban J connectivity index is 2.03. The molecule has 0 bridgehead atoms. The van der Waals surface area contributed by atoms with E-state index in [1.54, 1.807) is 0 Å². The molecule has 92 valence electrons. The monoisotopic (exact) mass is 226 g/mol. The van der Waals surface area contributed by atoms with Crippen LogP contribution in [0.3, 0.4) is 0 Å². The topological polar surface area (TPSA) is 50.4 Å². The Kier molecular flexibility index (Phi) is 2.97. The molecule has 16 heavy (non-hydrogen) atoms. The number of esters is 1. The summed E-state index contributed by atoms with van der Waals surface area (Å²) in [5, 5.41) is 6.58. The Bertz CT molecular complexity index is 279. The van der Waals surface area contributed by atoms with Gasteiger partial charge in [-0.05, 0) is 33.7 Å². The maximum Gasteiger partial charge on any atom is 0.311 e. The average molecular weight is 226 g/mol. The Labute approximate surface area is 97.1 Å². The molecule has 4 nitrogen and oxygen atoms in total. The molecule has 1 unspecified atom stereocenters. The second kappa shape index (κ2) is 4.00. The predicted octanol–water partition coefficient (Wildman–Crippen LogP) is 0.527. The summed E-state index contributed by atoms with van der Waals surface area (Å²) in [6, 6.07) is 0. The fourth-order valence-electron chi connectivity index (χ4n) is 2.55.